The van der Waals surface area contributed by atoms with Gasteiger partial charge in [0.2, 0.25) is 14.2 Å². The predicted octanol–water partition coefficient (Wildman–Crippen LogP) is 3.96. The number of aryl methyl sites for hydroxylation is 1. The van der Waals surface area contributed by atoms with Crippen LogP contribution >= 0.6 is 11.6 Å². The van der Waals surface area contributed by atoms with Gasteiger partial charge in [0.25, 0.3) is 5.91 Å². The molecule has 2 aliphatic rings. The first kappa shape index (κ1) is 30.7. The minimum atomic E-state index is -2.55. The molecular weight excluding hydrogens is 608 g/mol. The molecule has 6 rings (SSSR count). The summed E-state index contributed by atoms with van der Waals surface area (Å²) in [7, 11) is -0.934. The number of hydrogen-bond acceptors (Lipinski definition) is 7. The fraction of sp³-hybridized carbons (Fsp3) is 0.303. The molecule has 2 atom stereocenters. The smallest absolute Gasteiger partial charge is 0.253 e. The molecule has 3 heterocycles. The lowest BCUT2D eigenvalue weighted by Crippen LogP contribution is -2.42. The number of nitrogens with zero attached hydrogens (tertiary/aromatic N) is 5. The van der Waals surface area contributed by atoms with Gasteiger partial charge >= 0.3 is 0 Å². The van der Waals surface area contributed by atoms with E-state index in [1.807, 2.05) is 79.2 Å². The predicted molar refractivity (Wildman–Crippen MR) is 175 cm³/mol. The lowest BCUT2D eigenvalue weighted by atomic mass is 10.00. The highest BCUT2D eigenvalue weighted by molar-refractivity contribution is 6.83. The molecule has 1 saturated heterocycles. The van der Waals surface area contributed by atoms with Crippen LogP contribution in [0.5, 0.6) is 5.75 Å². The van der Waals surface area contributed by atoms with Crippen molar-refractivity contribution in [3.8, 4) is 11.4 Å². The number of nitrogens with one attached hydrogen (secondary N) is 1. The zero-order chi connectivity index (χ0) is 31.9. The average molecular weight is 643 g/mol. The maximum Gasteiger partial charge on any atom is 0.253 e. The number of ether oxygens (including phenoxy) is 1. The minimum absolute atomic E-state index is 0.0447. The minimum Gasteiger partial charge on any atom is -0.497 e. The van der Waals surface area contributed by atoms with Crippen molar-refractivity contribution in [3.63, 3.8) is 0 Å². The summed E-state index contributed by atoms with van der Waals surface area (Å²) in [6, 6.07) is 19.6. The molecule has 0 bridgehead atoms. The molecule has 0 spiro atoms. The van der Waals surface area contributed by atoms with Crippen LogP contribution in [0.25, 0.3) is 5.69 Å². The molecule has 2 N–H and O–H groups in total. The van der Waals surface area contributed by atoms with Gasteiger partial charge < -0.3 is 19.7 Å². The van der Waals surface area contributed by atoms with Gasteiger partial charge in [-0.1, -0.05) is 35.9 Å². The van der Waals surface area contributed by atoms with Crippen molar-refractivity contribution in [2.45, 2.75) is 44.9 Å². The number of halogens is 1. The van der Waals surface area contributed by atoms with Gasteiger partial charge in [0.05, 0.1) is 24.9 Å². The molecule has 232 valence electrons. The summed E-state index contributed by atoms with van der Waals surface area (Å²) in [6.45, 7) is 6.46. The zero-order valence-electron chi connectivity index (χ0n) is 25.6. The van der Waals surface area contributed by atoms with Crippen molar-refractivity contribution >= 4 is 42.6 Å². The summed E-state index contributed by atoms with van der Waals surface area (Å²) in [5, 5.41) is 13.3. The van der Waals surface area contributed by atoms with Crippen LogP contribution in [0.1, 0.15) is 52.0 Å². The number of aromatic nitrogens is 3. The maximum absolute atomic E-state index is 13.6. The number of rotatable bonds is 7. The summed E-state index contributed by atoms with van der Waals surface area (Å²) < 4.78 is 7.49. The maximum atomic E-state index is 13.6. The van der Waals surface area contributed by atoms with Gasteiger partial charge in [-0.2, -0.15) is 0 Å². The molecule has 45 heavy (non-hydrogen) atoms. The van der Waals surface area contributed by atoms with Gasteiger partial charge in [-0.3, -0.25) is 19.1 Å². The fourth-order valence-electron chi connectivity index (χ4n) is 5.92. The second kappa shape index (κ2) is 12.2. The van der Waals surface area contributed by atoms with Crippen LogP contribution in [0.3, 0.4) is 0 Å². The summed E-state index contributed by atoms with van der Waals surface area (Å²) >= 11 is 6.21. The monoisotopic (exact) mass is 642 g/mol. The average Bonchev–Trinajstić information content (AvgIpc) is 3.62. The Balaban J connectivity index is 1.24. The van der Waals surface area contributed by atoms with E-state index in [0.717, 1.165) is 22.0 Å². The number of fused-ring (bicyclic) bond motifs is 3. The fourth-order valence-corrected chi connectivity index (χ4v) is 7.06. The van der Waals surface area contributed by atoms with E-state index in [2.05, 4.69) is 15.5 Å². The molecule has 1 unspecified atom stereocenters. The Bertz CT molecular complexity index is 1800. The molecule has 0 aliphatic carbocycles. The number of carbonyl (C=O) groups is 2. The van der Waals surface area contributed by atoms with Crippen molar-refractivity contribution in [3.05, 3.63) is 100 Å². The Kier molecular flexibility index (Phi) is 8.34. The molecule has 12 heteroatoms. The molecular formula is C33H35ClN6O4Si. The number of benzene rings is 3. The quantitative estimate of drug-likeness (QED) is 0.295. The molecule has 4 aromatic rings. The first-order valence-electron chi connectivity index (χ1n) is 14.9. The Morgan fingerprint density at radius 2 is 1.87 bits per heavy atom. The van der Waals surface area contributed by atoms with E-state index in [0.29, 0.717) is 53.2 Å². The number of hydrogen-bond donors (Lipinski definition) is 2. The van der Waals surface area contributed by atoms with Crippen LogP contribution in [0, 0.1) is 6.92 Å². The van der Waals surface area contributed by atoms with Crippen molar-refractivity contribution in [1.82, 2.24) is 25.0 Å². The molecule has 0 radical (unpaired) electrons. The standard InChI is InChI=1S/C33H35ClN6O4Si/c1-20-37-38-32-28(36-31(21-8-10-23(34)11-9-21)27-17-25(44-2)12-13-29(27)40(20)32)18-30(41)35-24-14-15-39(19-24)33(42)22-6-5-7-26(16-22)45(3,4)43/h5-13,16-17,24,28,43H,14-15,18-19H2,1-4H3,(H,35,41)/t24?,28-/m0/s1. The largest absolute Gasteiger partial charge is 0.497 e. The number of amides is 2. The zero-order valence-corrected chi connectivity index (χ0v) is 27.4. The van der Waals surface area contributed by atoms with Crippen LogP contribution in [-0.4, -0.2) is 76.5 Å². The van der Waals surface area contributed by atoms with E-state index < -0.39 is 14.4 Å². The molecule has 1 aromatic heterocycles. The molecule has 0 saturated carbocycles. The third-order valence-corrected chi connectivity index (χ3v) is 10.3. The molecule has 10 nitrogen and oxygen atoms in total. The Morgan fingerprint density at radius 1 is 1.09 bits per heavy atom. The lowest BCUT2D eigenvalue weighted by Gasteiger charge is -2.20. The first-order chi connectivity index (χ1) is 21.5. The van der Waals surface area contributed by atoms with Crippen LogP contribution in [0.15, 0.2) is 71.7 Å². The molecule has 3 aromatic carbocycles. The van der Waals surface area contributed by atoms with Crippen LogP contribution in [0.2, 0.25) is 18.1 Å². The number of likely N-dealkylation sites (tertiary alicyclic amines) is 1. The van der Waals surface area contributed by atoms with Gasteiger partial charge in [0.15, 0.2) is 5.82 Å². The number of carbonyl (C=O) groups excluding carboxylic acids is 2. The molecule has 2 amide bonds. The molecule has 2 aliphatic heterocycles. The highest BCUT2D eigenvalue weighted by Gasteiger charge is 2.33. The highest BCUT2D eigenvalue weighted by atomic mass is 35.5. The van der Waals surface area contributed by atoms with E-state index >= 15 is 0 Å². The van der Waals surface area contributed by atoms with Gasteiger partial charge in [0, 0.05) is 40.8 Å². The summed E-state index contributed by atoms with van der Waals surface area (Å²) in [4.78, 5) is 44.2. The van der Waals surface area contributed by atoms with E-state index in [1.165, 1.54) is 0 Å². The van der Waals surface area contributed by atoms with E-state index in [9.17, 15) is 14.4 Å². The summed E-state index contributed by atoms with van der Waals surface area (Å²) in [5.41, 5.74) is 3.74. The number of aliphatic imine (C=N–C) groups is 1. The van der Waals surface area contributed by atoms with Crippen molar-refractivity contribution in [1.29, 1.82) is 0 Å². The van der Waals surface area contributed by atoms with Gasteiger partial charge in [-0.15, -0.1) is 10.2 Å². The number of methoxy groups -OCH3 is 1. The summed E-state index contributed by atoms with van der Waals surface area (Å²) in [6.07, 6.45) is 0.685. The topological polar surface area (TPSA) is 122 Å². The van der Waals surface area contributed by atoms with Crippen LogP contribution in [-0.2, 0) is 4.79 Å². The SMILES string of the molecule is COc1ccc2c(c1)C(c1ccc(Cl)cc1)=N[C@@H](CC(=O)NC1CCN(C(=O)c3cccc([Si](C)(C)O)c3)C1)c1nnc(C)n1-2. The third-order valence-electron chi connectivity index (χ3n) is 8.29. The normalized spacial score (nSPS) is 17.6. The van der Waals surface area contributed by atoms with Gasteiger partial charge in [-0.05, 0) is 74.1 Å². The highest BCUT2D eigenvalue weighted by Crippen LogP contribution is 2.34. The van der Waals surface area contributed by atoms with E-state index in [1.54, 1.807) is 24.1 Å². The van der Waals surface area contributed by atoms with Crippen molar-refractivity contribution in [2.75, 3.05) is 20.2 Å². The summed E-state index contributed by atoms with van der Waals surface area (Å²) in [5.74, 6) is 1.62. The third kappa shape index (κ3) is 6.28. The Labute approximate surface area is 267 Å². The lowest BCUT2D eigenvalue weighted by molar-refractivity contribution is -0.122. The van der Waals surface area contributed by atoms with Crippen molar-refractivity contribution in [2.24, 2.45) is 4.99 Å². The first-order valence-corrected chi connectivity index (χ1v) is 18.2. The van der Waals surface area contributed by atoms with E-state index in [4.69, 9.17) is 21.3 Å². The second-order valence-electron chi connectivity index (χ2n) is 12.0. The Hall–Kier alpha value is -4.32. The van der Waals surface area contributed by atoms with Crippen LogP contribution < -0.4 is 15.2 Å². The second-order valence-corrected chi connectivity index (χ2v) is 16.1. The van der Waals surface area contributed by atoms with Gasteiger partial charge in [-0.25, -0.2) is 0 Å². The van der Waals surface area contributed by atoms with E-state index in [-0.39, 0.29) is 24.3 Å². The van der Waals surface area contributed by atoms with Crippen LogP contribution in [0.4, 0.5) is 0 Å². The Morgan fingerprint density at radius 3 is 2.60 bits per heavy atom. The van der Waals surface area contributed by atoms with Crippen molar-refractivity contribution < 1.29 is 19.1 Å². The van der Waals surface area contributed by atoms with Gasteiger partial charge in [0.1, 0.15) is 17.6 Å². The molecule has 1 fully saturated rings.